The maximum absolute atomic E-state index is 13.2. The molecule has 1 heterocycles. The van der Waals surface area contributed by atoms with E-state index >= 15 is 0 Å². The number of fused-ring (bicyclic) bond motifs is 1. The summed E-state index contributed by atoms with van der Waals surface area (Å²) in [4.78, 5) is 25.8. The monoisotopic (exact) mass is 410 g/mol. The summed E-state index contributed by atoms with van der Waals surface area (Å²) in [6.45, 7) is -0.0256. The van der Waals surface area contributed by atoms with Crippen LogP contribution in [0.4, 0.5) is 0 Å². The van der Waals surface area contributed by atoms with Crippen LogP contribution in [0.2, 0.25) is 0 Å². The number of rotatable bonds is 7. The Bertz CT molecular complexity index is 909. The largest absolute Gasteiger partial charge is 0.454 e. The topological polar surface area (TPSA) is 96.9 Å². The number of aliphatic hydroxyl groups is 1. The predicted molar refractivity (Wildman–Crippen MR) is 110 cm³/mol. The molecule has 0 aromatic heterocycles. The Labute approximate surface area is 175 Å². The van der Waals surface area contributed by atoms with Crippen LogP contribution in [0.3, 0.4) is 0 Å². The number of nitrogens with one attached hydrogen (secondary N) is 2. The highest BCUT2D eigenvalue weighted by Crippen LogP contribution is 2.41. The molecule has 0 radical (unpaired) electrons. The molecule has 0 spiro atoms. The van der Waals surface area contributed by atoms with Gasteiger partial charge in [0.15, 0.2) is 11.5 Å². The van der Waals surface area contributed by atoms with Crippen molar-refractivity contribution in [3.05, 3.63) is 59.7 Å². The smallest absolute Gasteiger partial charge is 0.245 e. The Hall–Kier alpha value is -3.06. The maximum Gasteiger partial charge on any atom is 0.245 e. The number of benzene rings is 2. The first-order valence-electron chi connectivity index (χ1n) is 10.3. The average Bonchev–Trinajstić information content (AvgIpc) is 3.46. The molecule has 1 aliphatic heterocycles. The summed E-state index contributed by atoms with van der Waals surface area (Å²) >= 11 is 0. The number of carbonyl (C=O) groups is 2. The molecule has 2 aromatic carbocycles. The van der Waals surface area contributed by atoms with E-state index in [0.29, 0.717) is 11.5 Å². The first-order chi connectivity index (χ1) is 14.6. The third-order valence-electron chi connectivity index (χ3n) is 5.93. The first-order valence-corrected chi connectivity index (χ1v) is 10.3. The molecule has 4 rings (SSSR count). The number of hydrogen-bond acceptors (Lipinski definition) is 5. The van der Waals surface area contributed by atoms with E-state index in [4.69, 9.17) is 9.47 Å². The molecule has 1 atom stereocenters. The summed E-state index contributed by atoms with van der Waals surface area (Å²) in [5.41, 5.74) is 1.15. The van der Waals surface area contributed by atoms with Crippen molar-refractivity contribution in [2.24, 2.45) is 0 Å². The summed E-state index contributed by atoms with van der Waals surface area (Å²) in [6.07, 6.45) is 3.39. The van der Waals surface area contributed by atoms with Crippen LogP contribution in [0, 0.1) is 0 Å². The van der Waals surface area contributed by atoms with Gasteiger partial charge in [0, 0.05) is 6.54 Å². The van der Waals surface area contributed by atoms with Gasteiger partial charge in [-0.3, -0.25) is 9.59 Å². The maximum atomic E-state index is 13.2. The van der Waals surface area contributed by atoms with Gasteiger partial charge < -0.3 is 25.2 Å². The zero-order valence-corrected chi connectivity index (χ0v) is 16.7. The van der Waals surface area contributed by atoms with Gasteiger partial charge in [-0.05, 0) is 36.1 Å². The standard InChI is InChI=1S/C23H26N2O5/c26-14-18(21(27)24-13-16-8-9-19-20(12-16)30-15-29-19)25-22(28)23(10-4-5-11-23)17-6-2-1-3-7-17/h1-3,6-9,12,18,26H,4-5,10-11,13-15H2,(H,24,27)(H,25,28)/t18-/m0/s1. The van der Waals surface area contributed by atoms with Crippen molar-refractivity contribution >= 4 is 11.8 Å². The predicted octanol–water partition coefficient (Wildman–Crippen LogP) is 2.02. The lowest BCUT2D eigenvalue weighted by Gasteiger charge is -2.30. The van der Waals surface area contributed by atoms with Gasteiger partial charge in [-0.25, -0.2) is 0 Å². The second kappa shape index (κ2) is 8.75. The molecule has 1 saturated carbocycles. The summed E-state index contributed by atoms with van der Waals surface area (Å²) in [6, 6.07) is 14.1. The van der Waals surface area contributed by atoms with E-state index in [1.54, 1.807) is 12.1 Å². The molecule has 1 fully saturated rings. The summed E-state index contributed by atoms with van der Waals surface area (Å²) < 4.78 is 10.6. The SMILES string of the molecule is O=C(NCc1ccc2c(c1)OCO2)[C@H](CO)NC(=O)C1(c2ccccc2)CCCC1. The minimum atomic E-state index is -1.01. The second-order valence-electron chi connectivity index (χ2n) is 7.77. The molecule has 1 aliphatic carbocycles. The molecule has 0 unspecified atom stereocenters. The lowest BCUT2D eigenvalue weighted by molar-refractivity contribution is -0.133. The van der Waals surface area contributed by atoms with E-state index in [-0.39, 0.29) is 19.2 Å². The third kappa shape index (κ3) is 3.98. The highest BCUT2D eigenvalue weighted by atomic mass is 16.7. The van der Waals surface area contributed by atoms with Crippen LogP contribution in [0.25, 0.3) is 0 Å². The zero-order valence-electron chi connectivity index (χ0n) is 16.7. The fourth-order valence-corrected chi connectivity index (χ4v) is 4.24. The highest BCUT2D eigenvalue weighted by molar-refractivity contribution is 5.93. The Morgan fingerprint density at radius 2 is 1.77 bits per heavy atom. The zero-order chi connectivity index (χ0) is 21.0. The van der Waals surface area contributed by atoms with Crippen molar-refractivity contribution in [2.45, 2.75) is 43.7 Å². The van der Waals surface area contributed by atoms with E-state index in [9.17, 15) is 14.7 Å². The van der Waals surface area contributed by atoms with Gasteiger partial charge in [0.2, 0.25) is 18.6 Å². The number of hydrogen-bond donors (Lipinski definition) is 3. The van der Waals surface area contributed by atoms with Crippen molar-refractivity contribution in [1.82, 2.24) is 10.6 Å². The lowest BCUT2D eigenvalue weighted by Crippen LogP contribution is -2.54. The molecule has 7 nitrogen and oxygen atoms in total. The lowest BCUT2D eigenvalue weighted by atomic mass is 9.78. The molecule has 2 aliphatic rings. The summed E-state index contributed by atoms with van der Waals surface area (Å²) in [7, 11) is 0. The van der Waals surface area contributed by atoms with Gasteiger partial charge in [-0.15, -0.1) is 0 Å². The second-order valence-corrected chi connectivity index (χ2v) is 7.77. The average molecular weight is 410 g/mol. The van der Waals surface area contributed by atoms with Crippen LogP contribution in [-0.2, 0) is 21.5 Å². The fraction of sp³-hybridized carbons (Fsp3) is 0.391. The third-order valence-corrected chi connectivity index (χ3v) is 5.93. The summed E-state index contributed by atoms with van der Waals surface area (Å²) in [5, 5.41) is 15.3. The Kier molecular flexibility index (Phi) is 5.90. The van der Waals surface area contributed by atoms with Gasteiger partial charge in [0.1, 0.15) is 6.04 Å². The van der Waals surface area contributed by atoms with Gasteiger partial charge >= 0.3 is 0 Å². The summed E-state index contributed by atoms with van der Waals surface area (Å²) in [5.74, 6) is 0.682. The molecule has 30 heavy (non-hydrogen) atoms. The van der Waals surface area contributed by atoms with Crippen molar-refractivity contribution < 1.29 is 24.2 Å². The molecule has 7 heteroatoms. The molecule has 2 amide bonds. The van der Waals surface area contributed by atoms with Gasteiger partial charge in [0.25, 0.3) is 0 Å². The number of ether oxygens (including phenoxy) is 2. The van der Waals surface area contributed by atoms with E-state index in [0.717, 1.165) is 36.8 Å². The van der Waals surface area contributed by atoms with E-state index in [1.165, 1.54) is 0 Å². The molecule has 2 aromatic rings. The van der Waals surface area contributed by atoms with E-state index in [2.05, 4.69) is 10.6 Å². The minimum absolute atomic E-state index is 0.187. The van der Waals surface area contributed by atoms with Crippen molar-refractivity contribution in [3.63, 3.8) is 0 Å². The van der Waals surface area contributed by atoms with Crippen LogP contribution < -0.4 is 20.1 Å². The van der Waals surface area contributed by atoms with Crippen LogP contribution in [0.15, 0.2) is 48.5 Å². The molecular weight excluding hydrogens is 384 g/mol. The normalized spacial score (nSPS) is 17.4. The molecule has 158 valence electrons. The number of carbonyl (C=O) groups excluding carboxylic acids is 2. The Balaban J connectivity index is 1.40. The minimum Gasteiger partial charge on any atom is -0.454 e. The Morgan fingerprint density at radius 3 is 2.50 bits per heavy atom. The molecular formula is C23H26N2O5. The van der Waals surface area contributed by atoms with Crippen molar-refractivity contribution in [2.75, 3.05) is 13.4 Å². The van der Waals surface area contributed by atoms with Crippen LogP contribution in [0.5, 0.6) is 11.5 Å². The fourth-order valence-electron chi connectivity index (χ4n) is 4.24. The van der Waals surface area contributed by atoms with Crippen LogP contribution >= 0.6 is 0 Å². The number of aliphatic hydroxyl groups excluding tert-OH is 1. The molecule has 0 bridgehead atoms. The van der Waals surface area contributed by atoms with Crippen molar-refractivity contribution in [1.29, 1.82) is 0 Å². The van der Waals surface area contributed by atoms with Gasteiger partial charge in [0.05, 0.1) is 12.0 Å². The van der Waals surface area contributed by atoms with Gasteiger partial charge in [-0.2, -0.15) is 0 Å². The van der Waals surface area contributed by atoms with Crippen molar-refractivity contribution in [3.8, 4) is 11.5 Å². The van der Waals surface area contributed by atoms with Gasteiger partial charge in [-0.1, -0.05) is 49.2 Å². The van der Waals surface area contributed by atoms with E-state index in [1.807, 2.05) is 36.4 Å². The Morgan fingerprint density at radius 1 is 1.03 bits per heavy atom. The van der Waals surface area contributed by atoms with Crippen LogP contribution in [0.1, 0.15) is 36.8 Å². The molecule has 3 N–H and O–H groups in total. The number of amides is 2. The first kappa shape index (κ1) is 20.2. The van der Waals surface area contributed by atoms with E-state index < -0.39 is 24.0 Å². The van der Waals surface area contributed by atoms with Crippen LogP contribution in [-0.4, -0.2) is 36.4 Å². The quantitative estimate of drug-likeness (QED) is 0.649. The highest BCUT2D eigenvalue weighted by Gasteiger charge is 2.43. The molecule has 0 saturated heterocycles.